The van der Waals surface area contributed by atoms with Gasteiger partial charge in [-0.05, 0) is 23.6 Å². The summed E-state index contributed by atoms with van der Waals surface area (Å²) >= 11 is 0. The highest BCUT2D eigenvalue weighted by atomic mass is 16.5. The molecule has 3 nitrogen and oxygen atoms in total. The summed E-state index contributed by atoms with van der Waals surface area (Å²) in [6.45, 7) is 0.258. The van der Waals surface area contributed by atoms with Gasteiger partial charge in [0, 0.05) is 0 Å². The van der Waals surface area contributed by atoms with Crippen molar-refractivity contribution in [3.63, 3.8) is 0 Å². The molecule has 0 bridgehead atoms. The standard InChI is InChI=1S/C17H16O3/c18-17(19)16(12-11-14-7-3-1-4-8-14)20-13-15-9-5-2-6-10-15/h1-10,12H,11,13H2,(H,18,19)/b16-12-. The van der Waals surface area contributed by atoms with Crippen LogP contribution in [0.25, 0.3) is 0 Å². The molecule has 2 aromatic carbocycles. The number of allylic oxidation sites excluding steroid dienone is 1. The lowest BCUT2D eigenvalue weighted by Gasteiger charge is -2.07. The maximum atomic E-state index is 11.1. The Morgan fingerprint density at radius 2 is 1.50 bits per heavy atom. The number of benzene rings is 2. The SMILES string of the molecule is O=C(O)/C(=C/Cc1ccccc1)OCc1ccccc1. The molecule has 102 valence electrons. The molecule has 0 saturated heterocycles. The highest BCUT2D eigenvalue weighted by Gasteiger charge is 2.08. The normalized spacial score (nSPS) is 11.1. The highest BCUT2D eigenvalue weighted by molar-refractivity contribution is 5.84. The summed E-state index contributed by atoms with van der Waals surface area (Å²) in [7, 11) is 0. The van der Waals surface area contributed by atoms with E-state index in [1.165, 1.54) is 0 Å². The number of carbonyl (C=O) groups is 1. The number of hydrogen-bond donors (Lipinski definition) is 1. The van der Waals surface area contributed by atoms with Crippen molar-refractivity contribution in [2.45, 2.75) is 13.0 Å². The van der Waals surface area contributed by atoms with E-state index in [0.717, 1.165) is 11.1 Å². The summed E-state index contributed by atoms with van der Waals surface area (Å²) in [4.78, 5) is 11.1. The van der Waals surface area contributed by atoms with E-state index in [2.05, 4.69) is 0 Å². The van der Waals surface area contributed by atoms with Crippen LogP contribution in [0.3, 0.4) is 0 Å². The van der Waals surface area contributed by atoms with E-state index in [-0.39, 0.29) is 12.4 Å². The van der Waals surface area contributed by atoms with E-state index in [1.54, 1.807) is 6.08 Å². The van der Waals surface area contributed by atoms with Crippen molar-refractivity contribution in [2.24, 2.45) is 0 Å². The van der Waals surface area contributed by atoms with Crippen LogP contribution in [0.1, 0.15) is 11.1 Å². The van der Waals surface area contributed by atoms with Crippen LogP contribution in [-0.4, -0.2) is 11.1 Å². The number of ether oxygens (including phenoxy) is 1. The Labute approximate surface area is 118 Å². The molecule has 0 amide bonds. The molecule has 0 aliphatic rings. The molecule has 1 N–H and O–H groups in total. The topological polar surface area (TPSA) is 46.5 Å². The molecule has 0 unspecified atom stereocenters. The van der Waals surface area contributed by atoms with Crippen molar-refractivity contribution < 1.29 is 14.6 Å². The van der Waals surface area contributed by atoms with Crippen LogP contribution in [0.2, 0.25) is 0 Å². The number of carboxylic acid groups (broad SMARTS) is 1. The Morgan fingerprint density at radius 3 is 2.05 bits per heavy atom. The predicted molar refractivity (Wildman–Crippen MR) is 77.1 cm³/mol. The lowest BCUT2D eigenvalue weighted by atomic mass is 10.1. The quantitative estimate of drug-likeness (QED) is 0.645. The van der Waals surface area contributed by atoms with E-state index in [4.69, 9.17) is 9.84 Å². The summed E-state index contributed by atoms with van der Waals surface area (Å²) < 4.78 is 5.37. The van der Waals surface area contributed by atoms with Gasteiger partial charge in [0.05, 0.1) is 0 Å². The van der Waals surface area contributed by atoms with Gasteiger partial charge in [0.25, 0.3) is 0 Å². The summed E-state index contributed by atoms with van der Waals surface area (Å²) in [6.07, 6.45) is 2.14. The van der Waals surface area contributed by atoms with Crippen molar-refractivity contribution >= 4 is 5.97 Å². The van der Waals surface area contributed by atoms with Gasteiger partial charge in [0.1, 0.15) is 6.61 Å². The minimum absolute atomic E-state index is 0.0160. The largest absolute Gasteiger partial charge is 0.482 e. The zero-order valence-corrected chi connectivity index (χ0v) is 11.0. The van der Waals surface area contributed by atoms with Crippen molar-refractivity contribution in [1.82, 2.24) is 0 Å². The van der Waals surface area contributed by atoms with Gasteiger partial charge < -0.3 is 9.84 Å². The molecule has 0 aromatic heterocycles. The molecule has 0 aliphatic heterocycles. The van der Waals surface area contributed by atoms with E-state index in [0.29, 0.717) is 6.42 Å². The molecular formula is C17H16O3. The van der Waals surface area contributed by atoms with Crippen LogP contribution in [0, 0.1) is 0 Å². The smallest absolute Gasteiger partial charge is 0.370 e. The highest BCUT2D eigenvalue weighted by Crippen LogP contribution is 2.08. The van der Waals surface area contributed by atoms with Gasteiger partial charge in [-0.25, -0.2) is 4.79 Å². The van der Waals surface area contributed by atoms with Gasteiger partial charge in [-0.1, -0.05) is 60.7 Å². The molecular weight excluding hydrogens is 252 g/mol. The molecule has 3 heteroatoms. The molecule has 0 atom stereocenters. The van der Waals surface area contributed by atoms with Crippen molar-refractivity contribution in [1.29, 1.82) is 0 Å². The monoisotopic (exact) mass is 268 g/mol. The van der Waals surface area contributed by atoms with E-state index < -0.39 is 5.97 Å². The minimum Gasteiger partial charge on any atom is -0.482 e. The van der Waals surface area contributed by atoms with Crippen LogP contribution in [0.15, 0.2) is 72.5 Å². The average Bonchev–Trinajstić information content (AvgIpc) is 2.49. The van der Waals surface area contributed by atoms with Crippen LogP contribution in [0.4, 0.5) is 0 Å². The van der Waals surface area contributed by atoms with Crippen LogP contribution in [0.5, 0.6) is 0 Å². The summed E-state index contributed by atoms with van der Waals surface area (Å²) in [6, 6.07) is 19.2. The fourth-order valence-corrected chi connectivity index (χ4v) is 1.77. The second kappa shape index (κ2) is 7.14. The fraction of sp³-hybridized carbons (Fsp3) is 0.118. The maximum Gasteiger partial charge on any atom is 0.370 e. The first-order valence-electron chi connectivity index (χ1n) is 6.40. The molecule has 0 heterocycles. The summed E-state index contributed by atoms with van der Waals surface area (Å²) in [5.41, 5.74) is 1.99. The maximum absolute atomic E-state index is 11.1. The summed E-state index contributed by atoms with van der Waals surface area (Å²) in [5, 5.41) is 9.14. The lowest BCUT2D eigenvalue weighted by molar-refractivity contribution is -0.136. The molecule has 0 aliphatic carbocycles. The third-order valence-corrected chi connectivity index (χ3v) is 2.81. The lowest BCUT2D eigenvalue weighted by Crippen LogP contribution is -2.06. The van der Waals surface area contributed by atoms with Crippen molar-refractivity contribution in [3.05, 3.63) is 83.6 Å². The van der Waals surface area contributed by atoms with Gasteiger partial charge in [0.2, 0.25) is 5.76 Å². The molecule has 2 rings (SSSR count). The van der Waals surface area contributed by atoms with Crippen molar-refractivity contribution in [3.8, 4) is 0 Å². The Kier molecular flexibility index (Phi) is 4.95. The predicted octanol–water partition coefficient (Wildman–Crippen LogP) is 3.41. The van der Waals surface area contributed by atoms with Gasteiger partial charge >= 0.3 is 5.97 Å². The third-order valence-electron chi connectivity index (χ3n) is 2.81. The van der Waals surface area contributed by atoms with Crippen molar-refractivity contribution in [2.75, 3.05) is 0 Å². The first-order valence-corrected chi connectivity index (χ1v) is 6.40. The fourth-order valence-electron chi connectivity index (χ4n) is 1.77. The van der Waals surface area contributed by atoms with Crippen LogP contribution >= 0.6 is 0 Å². The first-order chi connectivity index (χ1) is 9.75. The van der Waals surface area contributed by atoms with E-state index in [1.807, 2.05) is 60.7 Å². The number of carboxylic acids is 1. The van der Waals surface area contributed by atoms with Gasteiger partial charge in [-0.15, -0.1) is 0 Å². The molecule has 0 spiro atoms. The van der Waals surface area contributed by atoms with Gasteiger partial charge in [-0.2, -0.15) is 0 Å². The number of rotatable bonds is 6. The summed E-state index contributed by atoms with van der Waals surface area (Å²) in [5.74, 6) is -1.06. The molecule has 0 radical (unpaired) electrons. The first kappa shape index (κ1) is 13.9. The Balaban J connectivity index is 1.98. The third kappa shape index (κ3) is 4.28. The second-order valence-electron chi connectivity index (χ2n) is 4.34. The molecule has 20 heavy (non-hydrogen) atoms. The number of hydrogen-bond acceptors (Lipinski definition) is 2. The average molecular weight is 268 g/mol. The van der Waals surface area contributed by atoms with Gasteiger partial charge in [-0.3, -0.25) is 0 Å². The molecule has 0 fully saturated rings. The zero-order valence-electron chi connectivity index (χ0n) is 11.0. The van der Waals surface area contributed by atoms with E-state index in [9.17, 15) is 4.79 Å². The van der Waals surface area contributed by atoms with E-state index >= 15 is 0 Å². The van der Waals surface area contributed by atoms with Crippen LogP contribution in [-0.2, 0) is 22.6 Å². The molecule has 2 aromatic rings. The Bertz CT molecular complexity index is 574. The molecule has 0 saturated carbocycles. The second-order valence-corrected chi connectivity index (χ2v) is 4.34. The Morgan fingerprint density at radius 1 is 0.950 bits per heavy atom. The Hall–Kier alpha value is -2.55. The minimum atomic E-state index is -1.04. The van der Waals surface area contributed by atoms with Gasteiger partial charge in [0.15, 0.2) is 0 Å². The zero-order chi connectivity index (χ0) is 14.2. The van der Waals surface area contributed by atoms with Crippen LogP contribution < -0.4 is 0 Å². The number of aliphatic carboxylic acids is 1.